The number of allylic oxidation sites excluding steroid dienone is 28. The predicted molar refractivity (Wildman–Crippen MR) is 500 cm³/mol. The van der Waals surface area contributed by atoms with E-state index >= 15 is 0 Å². The molecule has 0 heterocycles. The maximum absolute atomic E-state index is 13.1. The molecular weight excluding hydrogens is 1530 g/mol. The van der Waals surface area contributed by atoms with E-state index in [2.05, 4.69) is 191 Å². The van der Waals surface area contributed by atoms with Gasteiger partial charge in [-0.2, -0.15) is 0 Å². The highest BCUT2D eigenvalue weighted by molar-refractivity contribution is 7.47. The first-order chi connectivity index (χ1) is 58.2. The highest BCUT2D eigenvalue weighted by Gasteiger charge is 2.30. The van der Waals surface area contributed by atoms with Crippen molar-refractivity contribution in [2.75, 3.05) is 39.6 Å². The van der Waals surface area contributed by atoms with E-state index in [-0.39, 0.29) is 19.3 Å². The summed E-state index contributed by atoms with van der Waals surface area (Å²) < 4.78 is 61.5. The zero-order chi connectivity index (χ0) is 86.5. The summed E-state index contributed by atoms with van der Waals surface area (Å²) >= 11 is 0. The fraction of sp³-hybridized carbons (Fsp3) is 0.693. The Morgan fingerprint density at radius 3 is 0.706 bits per heavy atom. The highest BCUT2D eigenvalue weighted by atomic mass is 31.2. The lowest BCUT2D eigenvalue weighted by molar-refractivity contribution is -0.161. The van der Waals surface area contributed by atoms with Crippen molar-refractivity contribution in [2.24, 2.45) is 0 Å². The van der Waals surface area contributed by atoms with Crippen molar-refractivity contribution in [3.8, 4) is 0 Å². The van der Waals surface area contributed by atoms with Gasteiger partial charge in [0.2, 0.25) is 0 Å². The molecule has 0 rings (SSSR count). The Kier molecular flexibility index (Phi) is 88.2. The molecule has 682 valence electrons. The van der Waals surface area contributed by atoms with Gasteiger partial charge in [-0.05, 0) is 154 Å². The molecule has 0 saturated heterocycles. The lowest BCUT2D eigenvalue weighted by Gasteiger charge is -2.21. The Hall–Kier alpha value is -5.09. The van der Waals surface area contributed by atoms with Gasteiger partial charge in [-0.25, -0.2) is 9.13 Å². The van der Waals surface area contributed by atoms with Crippen LogP contribution in [0.5, 0.6) is 0 Å². The van der Waals surface area contributed by atoms with E-state index in [0.717, 1.165) is 180 Å². The standard InChI is InChI=1S/C101H172O16P2/c1-4-7-10-13-16-19-22-25-28-31-34-37-40-42-44-46-47-49-51-52-55-57-60-63-66-69-72-75-78-81-84-87-99(104)111-90-96(102)91-113-118(107,108)114-92-97(103)93-115-119(109,110)116-95-98(117-101(106)89-86-83-80-77-74-71-68-65-62-59-54-39-36-33-30-27-24-21-18-15-12-9-6-3)94-112-100(105)88-85-82-79-76-73-70-67-64-61-58-56-53-50-48-45-43-41-38-35-32-29-26-23-20-17-14-11-8-5-2/h8-9,11-12,16-21,25-30,34-39,42-45,59,62,96-98,102-103H,4-7,10,13-15,22-24,31-33,40-41,46-58,60-61,63-95H2,1-3H3,(H,107,108)(H,109,110)/b11-8-,12-9-,19-16-,20-17-,21-18-,28-25-,29-26-,30-27-,37-34-,38-35-,39-36-,44-42-,45-43-,62-59-. The number of unbranched alkanes of at least 4 members (excludes halogenated alkanes) is 38. The molecular formula is C101H172O16P2. The molecule has 18 heteroatoms. The fourth-order valence-electron chi connectivity index (χ4n) is 12.8. The van der Waals surface area contributed by atoms with E-state index < -0.39 is 91.5 Å². The molecule has 0 radical (unpaired) electrons. The summed E-state index contributed by atoms with van der Waals surface area (Å²) in [5.74, 6) is -1.58. The number of hydrogen-bond acceptors (Lipinski definition) is 14. The number of carbonyl (C=O) groups excluding carboxylic acids is 3. The summed E-state index contributed by atoms with van der Waals surface area (Å²) in [6.45, 7) is 2.46. The van der Waals surface area contributed by atoms with E-state index in [1.807, 2.05) is 0 Å². The van der Waals surface area contributed by atoms with Crippen LogP contribution in [0.3, 0.4) is 0 Å². The quantitative estimate of drug-likeness (QED) is 0.0146. The minimum Gasteiger partial charge on any atom is -0.463 e. The fourth-order valence-corrected chi connectivity index (χ4v) is 14.4. The van der Waals surface area contributed by atoms with Crippen LogP contribution in [0.2, 0.25) is 0 Å². The number of aliphatic hydroxyl groups is 2. The SMILES string of the molecule is CC/C=C\C/C=C\C/C=C\C/C=C\C/C=C\CCCCCCCCCCCCCCCC(=O)OCC(COP(=O)(O)OCC(O)COP(=O)(O)OCC(O)COC(=O)CCCCCCCCCCCCCCCCC/C=C\C/C=C\C/C=C\C/C=C\CCCCC)OC(=O)CCCCCCCCC/C=C\C/C=C\C/C=C\C/C=C\C/C=C\CC. The van der Waals surface area contributed by atoms with E-state index in [1.54, 1.807) is 0 Å². The molecule has 0 saturated carbocycles. The Bertz CT molecular complexity index is 2840. The van der Waals surface area contributed by atoms with Crippen molar-refractivity contribution in [1.82, 2.24) is 0 Å². The van der Waals surface area contributed by atoms with Crippen LogP contribution >= 0.6 is 15.6 Å². The number of carbonyl (C=O) groups is 3. The molecule has 0 spiro atoms. The molecule has 5 atom stereocenters. The molecule has 0 amide bonds. The summed E-state index contributed by atoms with van der Waals surface area (Å²) in [5, 5.41) is 20.8. The van der Waals surface area contributed by atoms with Gasteiger partial charge < -0.3 is 34.2 Å². The number of esters is 3. The molecule has 0 fully saturated rings. The molecule has 0 aromatic heterocycles. The van der Waals surface area contributed by atoms with Crippen LogP contribution in [-0.2, 0) is 55.8 Å². The smallest absolute Gasteiger partial charge is 0.463 e. The average Bonchev–Trinajstić information content (AvgIpc) is 0.903. The molecule has 0 aromatic carbocycles. The Balaban J connectivity index is 4.61. The Labute approximate surface area is 726 Å². The van der Waals surface area contributed by atoms with Gasteiger partial charge in [0.15, 0.2) is 6.10 Å². The number of aliphatic hydroxyl groups excluding tert-OH is 2. The minimum atomic E-state index is -4.95. The molecule has 0 bridgehead atoms. The largest absolute Gasteiger partial charge is 0.472 e. The summed E-state index contributed by atoms with van der Waals surface area (Å²) in [6.07, 6.45) is 120. The molecule has 0 aliphatic rings. The van der Waals surface area contributed by atoms with E-state index in [4.69, 9.17) is 32.3 Å². The Morgan fingerprint density at radius 2 is 0.445 bits per heavy atom. The van der Waals surface area contributed by atoms with Gasteiger partial charge in [0.25, 0.3) is 0 Å². The first-order valence-corrected chi connectivity index (χ1v) is 50.4. The monoisotopic (exact) mass is 1700 g/mol. The Morgan fingerprint density at radius 1 is 0.244 bits per heavy atom. The van der Waals surface area contributed by atoms with Gasteiger partial charge in [0, 0.05) is 19.3 Å². The van der Waals surface area contributed by atoms with Gasteiger partial charge in [0.05, 0.1) is 26.4 Å². The average molecular weight is 1700 g/mol. The lowest BCUT2D eigenvalue weighted by atomic mass is 10.0. The zero-order valence-electron chi connectivity index (χ0n) is 75.2. The van der Waals surface area contributed by atoms with E-state index in [9.17, 15) is 43.5 Å². The van der Waals surface area contributed by atoms with Crippen molar-refractivity contribution in [2.45, 2.75) is 411 Å². The van der Waals surface area contributed by atoms with E-state index in [1.165, 1.54) is 154 Å². The third-order valence-corrected chi connectivity index (χ3v) is 21.8. The van der Waals surface area contributed by atoms with Gasteiger partial charge >= 0.3 is 33.6 Å². The van der Waals surface area contributed by atoms with Gasteiger partial charge in [-0.1, -0.05) is 390 Å². The maximum atomic E-state index is 13.1. The van der Waals surface area contributed by atoms with E-state index in [0.29, 0.717) is 19.3 Å². The molecule has 0 aliphatic heterocycles. The molecule has 16 nitrogen and oxygen atoms in total. The van der Waals surface area contributed by atoms with Crippen molar-refractivity contribution < 1.29 is 75.8 Å². The normalized spacial score (nSPS) is 14.5. The second kappa shape index (κ2) is 92.1. The first kappa shape index (κ1) is 114. The number of phosphoric ester groups is 2. The lowest BCUT2D eigenvalue weighted by Crippen LogP contribution is -2.30. The summed E-state index contributed by atoms with van der Waals surface area (Å²) in [4.78, 5) is 59.1. The van der Waals surface area contributed by atoms with Crippen molar-refractivity contribution in [3.05, 3.63) is 170 Å². The third kappa shape index (κ3) is 93.5. The van der Waals surface area contributed by atoms with Crippen molar-refractivity contribution in [3.63, 3.8) is 0 Å². The molecule has 119 heavy (non-hydrogen) atoms. The van der Waals surface area contributed by atoms with Crippen LogP contribution in [0, 0.1) is 0 Å². The van der Waals surface area contributed by atoms with Crippen LogP contribution in [0.25, 0.3) is 0 Å². The number of hydrogen-bond donors (Lipinski definition) is 4. The first-order valence-electron chi connectivity index (χ1n) is 47.4. The zero-order valence-corrected chi connectivity index (χ0v) is 77.0. The third-order valence-electron chi connectivity index (χ3n) is 19.9. The van der Waals surface area contributed by atoms with Gasteiger partial charge in [0.1, 0.15) is 25.4 Å². The van der Waals surface area contributed by atoms with Crippen LogP contribution < -0.4 is 0 Å². The number of ether oxygens (including phenoxy) is 3. The highest BCUT2D eigenvalue weighted by Crippen LogP contribution is 2.45. The topological polar surface area (TPSA) is 231 Å². The van der Waals surface area contributed by atoms with Crippen LogP contribution in [0.15, 0.2) is 170 Å². The van der Waals surface area contributed by atoms with Crippen molar-refractivity contribution >= 4 is 33.6 Å². The summed E-state index contributed by atoms with van der Waals surface area (Å²) in [6, 6.07) is 0. The minimum absolute atomic E-state index is 0.0871. The molecule has 4 N–H and O–H groups in total. The molecule has 5 unspecified atom stereocenters. The predicted octanol–water partition coefficient (Wildman–Crippen LogP) is 29.4. The number of phosphoric acid groups is 2. The van der Waals surface area contributed by atoms with Crippen molar-refractivity contribution in [1.29, 1.82) is 0 Å². The second-order valence-electron chi connectivity index (χ2n) is 31.4. The molecule has 0 aromatic rings. The van der Waals surface area contributed by atoms with Crippen LogP contribution in [-0.4, -0.2) is 95.9 Å². The number of rotatable bonds is 89. The van der Waals surface area contributed by atoms with Gasteiger partial charge in [-0.3, -0.25) is 32.5 Å². The molecule has 0 aliphatic carbocycles. The summed E-state index contributed by atoms with van der Waals surface area (Å²) in [7, 11) is -9.82. The van der Waals surface area contributed by atoms with Crippen LogP contribution in [0.1, 0.15) is 393 Å². The maximum Gasteiger partial charge on any atom is 0.472 e. The second-order valence-corrected chi connectivity index (χ2v) is 34.3. The van der Waals surface area contributed by atoms with Crippen LogP contribution in [0.4, 0.5) is 0 Å². The van der Waals surface area contributed by atoms with Gasteiger partial charge in [-0.15, -0.1) is 0 Å². The summed E-state index contributed by atoms with van der Waals surface area (Å²) in [5.41, 5.74) is 0.